The first kappa shape index (κ1) is 18.0. The maximum absolute atomic E-state index is 3.52. The molecule has 0 aliphatic heterocycles. The highest BCUT2D eigenvalue weighted by Gasteiger charge is 1.94. The molecule has 0 aromatic rings. The lowest BCUT2D eigenvalue weighted by Crippen LogP contribution is -2.20. The molecule has 0 rings (SSSR count). The first-order chi connectivity index (χ1) is 8.77. The van der Waals surface area contributed by atoms with Gasteiger partial charge in [-0.05, 0) is 25.4 Å². The molecule has 1 N–H and O–H groups in total. The Morgan fingerprint density at radius 2 is 1.11 bits per heavy atom. The molecule has 0 heterocycles. The summed E-state index contributed by atoms with van der Waals surface area (Å²) in [5.74, 6) is 0.790. The quantitative estimate of drug-likeness (QED) is 0.402. The zero-order valence-corrected chi connectivity index (χ0v) is 13.3. The van der Waals surface area contributed by atoms with Crippen LogP contribution in [0.2, 0.25) is 0 Å². The molecule has 0 aromatic heterocycles. The van der Waals surface area contributed by atoms with Crippen LogP contribution in [0.25, 0.3) is 0 Å². The predicted molar refractivity (Wildman–Crippen MR) is 84.2 cm³/mol. The van der Waals surface area contributed by atoms with Gasteiger partial charge in [0, 0.05) is 0 Å². The molecule has 0 aliphatic rings. The minimum atomic E-state index is 0.790. The van der Waals surface area contributed by atoms with E-state index in [4.69, 9.17) is 0 Å². The Labute approximate surface area is 116 Å². The van der Waals surface area contributed by atoms with Crippen LogP contribution in [0, 0.1) is 5.92 Å². The summed E-state index contributed by atoms with van der Waals surface area (Å²) in [4.78, 5) is 0. The average molecular weight is 255 g/mol. The molecule has 1 nitrogen and oxygen atoms in total. The van der Waals surface area contributed by atoms with Crippen molar-refractivity contribution in [2.24, 2.45) is 5.92 Å². The minimum absolute atomic E-state index is 0.790. The van der Waals surface area contributed by atoms with Crippen molar-refractivity contribution in [3.05, 3.63) is 0 Å². The molecular formula is C17H37N. The van der Waals surface area contributed by atoms with Crippen molar-refractivity contribution in [1.29, 1.82) is 0 Å². The maximum Gasteiger partial charge on any atom is -0.00258 e. The zero-order valence-electron chi connectivity index (χ0n) is 13.3. The fraction of sp³-hybridized carbons (Fsp3) is 1.00. The molecule has 0 amide bonds. The topological polar surface area (TPSA) is 12.0 Å². The predicted octanol–water partition coefficient (Wildman–Crippen LogP) is 5.54. The summed E-state index contributed by atoms with van der Waals surface area (Å²) in [6.07, 6.45) is 15.8. The average Bonchev–Trinajstić information content (AvgIpc) is 2.34. The molecule has 0 atom stereocenters. The van der Waals surface area contributed by atoms with Crippen LogP contribution in [-0.4, -0.2) is 13.1 Å². The minimum Gasteiger partial charge on any atom is -0.316 e. The summed E-state index contributed by atoms with van der Waals surface area (Å²) >= 11 is 0. The summed E-state index contributed by atoms with van der Waals surface area (Å²) in [6, 6.07) is 0. The number of rotatable bonds is 14. The summed E-state index contributed by atoms with van der Waals surface area (Å²) in [7, 11) is 0. The van der Waals surface area contributed by atoms with Gasteiger partial charge in [-0.1, -0.05) is 85.0 Å². The van der Waals surface area contributed by atoms with Crippen molar-refractivity contribution in [3.63, 3.8) is 0 Å². The lowest BCUT2D eigenvalue weighted by atomic mass is 10.1. The number of hydrogen-bond donors (Lipinski definition) is 1. The molecule has 0 fully saturated rings. The Morgan fingerprint density at radius 1 is 0.667 bits per heavy atom. The number of hydrogen-bond acceptors (Lipinski definition) is 1. The highest BCUT2D eigenvalue weighted by molar-refractivity contribution is 4.52. The smallest absolute Gasteiger partial charge is 0.00258 e. The second-order valence-electron chi connectivity index (χ2n) is 6.13. The molecule has 0 spiro atoms. The Hall–Kier alpha value is -0.0400. The SMILES string of the molecule is CCCCCCCCCCCCCNCC(C)C. The first-order valence-corrected chi connectivity index (χ1v) is 8.48. The van der Waals surface area contributed by atoms with E-state index in [9.17, 15) is 0 Å². The highest BCUT2D eigenvalue weighted by atomic mass is 14.8. The third-order valence-corrected chi connectivity index (χ3v) is 3.51. The van der Waals surface area contributed by atoms with Crippen molar-refractivity contribution >= 4 is 0 Å². The van der Waals surface area contributed by atoms with Crippen LogP contribution in [-0.2, 0) is 0 Å². The van der Waals surface area contributed by atoms with Gasteiger partial charge >= 0.3 is 0 Å². The summed E-state index contributed by atoms with van der Waals surface area (Å²) < 4.78 is 0. The lowest BCUT2D eigenvalue weighted by molar-refractivity contribution is 0.514. The van der Waals surface area contributed by atoms with E-state index in [0.717, 1.165) is 5.92 Å². The third-order valence-electron chi connectivity index (χ3n) is 3.51. The van der Waals surface area contributed by atoms with E-state index < -0.39 is 0 Å². The van der Waals surface area contributed by atoms with Crippen molar-refractivity contribution in [2.75, 3.05) is 13.1 Å². The Balaban J connectivity index is 2.90. The molecule has 0 aromatic carbocycles. The van der Waals surface area contributed by atoms with E-state index in [0.29, 0.717) is 0 Å². The van der Waals surface area contributed by atoms with Crippen molar-refractivity contribution in [3.8, 4) is 0 Å². The van der Waals surface area contributed by atoms with Crippen LogP contribution < -0.4 is 5.32 Å². The van der Waals surface area contributed by atoms with Gasteiger partial charge in [0.2, 0.25) is 0 Å². The highest BCUT2D eigenvalue weighted by Crippen LogP contribution is 2.10. The Kier molecular flexibility index (Phi) is 15.0. The van der Waals surface area contributed by atoms with Crippen molar-refractivity contribution in [1.82, 2.24) is 5.32 Å². The van der Waals surface area contributed by atoms with Crippen molar-refractivity contribution < 1.29 is 0 Å². The van der Waals surface area contributed by atoms with Crippen LogP contribution in [0.3, 0.4) is 0 Å². The van der Waals surface area contributed by atoms with Crippen LogP contribution in [0.4, 0.5) is 0 Å². The van der Waals surface area contributed by atoms with Crippen LogP contribution in [0.15, 0.2) is 0 Å². The van der Waals surface area contributed by atoms with Gasteiger partial charge in [0.25, 0.3) is 0 Å². The van der Waals surface area contributed by atoms with Gasteiger partial charge in [0.05, 0.1) is 0 Å². The standard InChI is InChI=1S/C17H37N/c1-4-5-6-7-8-9-10-11-12-13-14-15-18-16-17(2)3/h17-18H,4-16H2,1-3H3. The summed E-state index contributed by atoms with van der Waals surface area (Å²) in [5.41, 5.74) is 0. The first-order valence-electron chi connectivity index (χ1n) is 8.48. The molecule has 18 heavy (non-hydrogen) atoms. The Bertz CT molecular complexity index is 143. The molecule has 0 radical (unpaired) electrons. The molecule has 0 saturated heterocycles. The van der Waals surface area contributed by atoms with E-state index in [1.165, 1.54) is 83.7 Å². The van der Waals surface area contributed by atoms with Gasteiger partial charge in [0.1, 0.15) is 0 Å². The van der Waals surface area contributed by atoms with Gasteiger partial charge in [0.15, 0.2) is 0 Å². The van der Waals surface area contributed by atoms with Gasteiger partial charge < -0.3 is 5.32 Å². The molecule has 110 valence electrons. The van der Waals surface area contributed by atoms with Crippen LogP contribution in [0.1, 0.15) is 91.4 Å². The van der Waals surface area contributed by atoms with Gasteiger partial charge in [-0.3, -0.25) is 0 Å². The van der Waals surface area contributed by atoms with Gasteiger partial charge in [-0.25, -0.2) is 0 Å². The van der Waals surface area contributed by atoms with E-state index >= 15 is 0 Å². The summed E-state index contributed by atoms with van der Waals surface area (Å²) in [5, 5.41) is 3.52. The molecule has 0 unspecified atom stereocenters. The second kappa shape index (κ2) is 15.0. The second-order valence-corrected chi connectivity index (χ2v) is 6.13. The lowest BCUT2D eigenvalue weighted by Gasteiger charge is -2.07. The molecule has 0 aliphatic carbocycles. The fourth-order valence-corrected chi connectivity index (χ4v) is 2.30. The molecule has 0 bridgehead atoms. The monoisotopic (exact) mass is 255 g/mol. The third kappa shape index (κ3) is 16.0. The zero-order chi connectivity index (χ0) is 13.5. The number of nitrogens with one attached hydrogen (secondary N) is 1. The van der Waals surface area contributed by atoms with Crippen LogP contribution >= 0.6 is 0 Å². The van der Waals surface area contributed by atoms with Gasteiger partial charge in [-0.15, -0.1) is 0 Å². The largest absolute Gasteiger partial charge is 0.316 e. The number of unbranched alkanes of at least 4 members (excludes halogenated alkanes) is 10. The van der Waals surface area contributed by atoms with E-state index in [-0.39, 0.29) is 0 Å². The van der Waals surface area contributed by atoms with Crippen LogP contribution in [0.5, 0.6) is 0 Å². The summed E-state index contributed by atoms with van der Waals surface area (Å²) in [6.45, 7) is 9.23. The van der Waals surface area contributed by atoms with Crippen molar-refractivity contribution in [2.45, 2.75) is 91.4 Å². The van der Waals surface area contributed by atoms with E-state index in [1.54, 1.807) is 0 Å². The maximum atomic E-state index is 3.52. The normalized spacial score (nSPS) is 11.3. The molecule has 1 heteroatoms. The Morgan fingerprint density at radius 3 is 1.56 bits per heavy atom. The van der Waals surface area contributed by atoms with E-state index in [1.807, 2.05) is 0 Å². The van der Waals surface area contributed by atoms with Gasteiger partial charge in [-0.2, -0.15) is 0 Å². The molecular weight excluding hydrogens is 218 g/mol. The fourth-order valence-electron chi connectivity index (χ4n) is 2.30. The molecule has 0 saturated carbocycles. The van der Waals surface area contributed by atoms with E-state index in [2.05, 4.69) is 26.1 Å².